The van der Waals surface area contributed by atoms with E-state index in [2.05, 4.69) is 11.3 Å². The molecular weight excluding hydrogens is 444 g/mol. The molecular formula is C20H21ClN4O5S. The van der Waals surface area contributed by atoms with E-state index in [1.807, 2.05) is 4.90 Å². The van der Waals surface area contributed by atoms with Gasteiger partial charge in [-0.25, -0.2) is 13.1 Å². The fraction of sp³-hybridized carbons (Fsp3) is 0.250. The fourth-order valence-electron chi connectivity index (χ4n) is 3.27. The van der Waals surface area contributed by atoms with Gasteiger partial charge < -0.3 is 9.80 Å². The first-order valence-corrected chi connectivity index (χ1v) is 11.3. The number of piperazine rings is 1. The molecule has 1 aliphatic rings. The number of anilines is 1. The van der Waals surface area contributed by atoms with Crippen molar-refractivity contribution in [1.82, 2.24) is 9.62 Å². The van der Waals surface area contributed by atoms with Crippen LogP contribution in [0, 0.1) is 10.1 Å². The van der Waals surface area contributed by atoms with Gasteiger partial charge in [0, 0.05) is 49.4 Å². The lowest BCUT2D eigenvalue weighted by molar-refractivity contribution is -0.384. The van der Waals surface area contributed by atoms with E-state index in [0.717, 1.165) is 0 Å². The van der Waals surface area contributed by atoms with Gasteiger partial charge in [0.05, 0.1) is 9.82 Å². The third-order valence-corrected chi connectivity index (χ3v) is 6.55. The number of rotatable bonds is 7. The van der Waals surface area contributed by atoms with Crippen LogP contribution in [-0.4, -0.2) is 56.9 Å². The first-order valence-electron chi connectivity index (χ1n) is 9.42. The van der Waals surface area contributed by atoms with Crippen LogP contribution in [0.25, 0.3) is 0 Å². The molecule has 1 aliphatic heterocycles. The molecule has 1 amide bonds. The van der Waals surface area contributed by atoms with Gasteiger partial charge in [0.1, 0.15) is 5.69 Å². The molecule has 1 heterocycles. The van der Waals surface area contributed by atoms with Crippen molar-refractivity contribution in [1.29, 1.82) is 0 Å². The molecule has 0 aliphatic carbocycles. The third-order valence-electron chi connectivity index (χ3n) is 4.87. The Morgan fingerprint density at radius 3 is 2.39 bits per heavy atom. The van der Waals surface area contributed by atoms with E-state index in [0.29, 0.717) is 37.4 Å². The molecule has 1 saturated heterocycles. The Kier molecular flexibility index (Phi) is 6.94. The first kappa shape index (κ1) is 22.7. The van der Waals surface area contributed by atoms with Crippen LogP contribution in [0.2, 0.25) is 5.02 Å². The number of sulfonamides is 1. The molecule has 2 aromatic carbocycles. The average molecular weight is 465 g/mol. The Morgan fingerprint density at radius 2 is 1.81 bits per heavy atom. The molecule has 2 aromatic rings. The van der Waals surface area contributed by atoms with Gasteiger partial charge in [-0.3, -0.25) is 14.9 Å². The second-order valence-electron chi connectivity index (χ2n) is 6.83. The van der Waals surface area contributed by atoms with Crippen LogP contribution in [-0.2, 0) is 10.0 Å². The fourth-order valence-corrected chi connectivity index (χ4v) is 4.44. The zero-order valence-electron chi connectivity index (χ0n) is 16.5. The minimum atomic E-state index is -3.66. The lowest BCUT2D eigenvalue weighted by Crippen LogP contribution is -2.49. The summed E-state index contributed by atoms with van der Waals surface area (Å²) in [6, 6.07) is 10.2. The lowest BCUT2D eigenvalue weighted by Gasteiger charge is -2.35. The normalized spacial score (nSPS) is 14.4. The van der Waals surface area contributed by atoms with E-state index in [4.69, 9.17) is 11.6 Å². The Morgan fingerprint density at radius 1 is 1.16 bits per heavy atom. The maximum Gasteiger partial charge on any atom is 0.294 e. The quantitative estimate of drug-likeness (QED) is 0.383. The molecule has 3 rings (SSSR count). The Hall–Kier alpha value is -2.95. The molecule has 164 valence electrons. The summed E-state index contributed by atoms with van der Waals surface area (Å²) < 4.78 is 26.6. The van der Waals surface area contributed by atoms with E-state index in [1.165, 1.54) is 36.4 Å². The molecule has 0 radical (unpaired) electrons. The molecule has 31 heavy (non-hydrogen) atoms. The monoisotopic (exact) mass is 464 g/mol. The summed E-state index contributed by atoms with van der Waals surface area (Å²) in [6.07, 6.45) is 1.44. The summed E-state index contributed by atoms with van der Waals surface area (Å²) in [5, 5.41) is 11.6. The first-order chi connectivity index (χ1) is 14.7. The molecule has 11 heteroatoms. The van der Waals surface area contributed by atoms with E-state index in [1.54, 1.807) is 17.0 Å². The van der Waals surface area contributed by atoms with E-state index >= 15 is 0 Å². The van der Waals surface area contributed by atoms with Crippen LogP contribution in [0.3, 0.4) is 0 Å². The van der Waals surface area contributed by atoms with Crippen molar-refractivity contribution in [2.24, 2.45) is 0 Å². The molecule has 0 aromatic heterocycles. The van der Waals surface area contributed by atoms with Gasteiger partial charge in [-0.15, -0.1) is 6.58 Å². The van der Waals surface area contributed by atoms with Gasteiger partial charge in [0.25, 0.3) is 11.6 Å². The number of hydrogen-bond donors (Lipinski definition) is 1. The largest absolute Gasteiger partial charge is 0.362 e. The number of nitro groups is 1. The van der Waals surface area contributed by atoms with Crippen molar-refractivity contribution < 1.29 is 18.1 Å². The van der Waals surface area contributed by atoms with Crippen LogP contribution in [0.5, 0.6) is 0 Å². The summed E-state index contributed by atoms with van der Waals surface area (Å²) in [6.45, 7) is 5.17. The average Bonchev–Trinajstić information content (AvgIpc) is 2.77. The second-order valence-corrected chi connectivity index (χ2v) is 9.04. The highest BCUT2D eigenvalue weighted by molar-refractivity contribution is 7.89. The molecule has 0 saturated carbocycles. The van der Waals surface area contributed by atoms with E-state index < -0.39 is 14.9 Å². The maximum atomic E-state index is 12.8. The van der Waals surface area contributed by atoms with Crippen LogP contribution >= 0.6 is 11.6 Å². The number of nitro benzene ring substituents is 1. The topological polar surface area (TPSA) is 113 Å². The van der Waals surface area contributed by atoms with Crippen LogP contribution in [0.1, 0.15) is 10.4 Å². The molecule has 0 bridgehead atoms. The number of nitrogens with one attached hydrogen (secondary N) is 1. The van der Waals surface area contributed by atoms with Crippen molar-refractivity contribution in [2.45, 2.75) is 4.90 Å². The Labute approximate surface area is 185 Å². The summed E-state index contributed by atoms with van der Waals surface area (Å²) in [4.78, 5) is 27.2. The van der Waals surface area contributed by atoms with Gasteiger partial charge in [-0.1, -0.05) is 17.7 Å². The van der Waals surface area contributed by atoms with Gasteiger partial charge in [0.2, 0.25) is 10.0 Å². The van der Waals surface area contributed by atoms with Gasteiger partial charge >= 0.3 is 0 Å². The molecule has 1 N–H and O–H groups in total. The molecule has 1 fully saturated rings. The predicted octanol–water partition coefficient (Wildman–Crippen LogP) is 2.67. The summed E-state index contributed by atoms with van der Waals surface area (Å²) in [5.74, 6) is -0.228. The number of benzene rings is 2. The van der Waals surface area contributed by atoms with Gasteiger partial charge in [-0.2, -0.15) is 0 Å². The number of carbonyl (C=O) groups is 1. The van der Waals surface area contributed by atoms with Gasteiger partial charge in [-0.05, 0) is 36.4 Å². The van der Waals surface area contributed by atoms with Crippen molar-refractivity contribution in [3.8, 4) is 0 Å². The van der Waals surface area contributed by atoms with E-state index in [-0.39, 0.29) is 28.1 Å². The zero-order chi connectivity index (χ0) is 22.6. The minimum absolute atomic E-state index is 0.0609. The van der Waals surface area contributed by atoms with Crippen molar-refractivity contribution in [2.75, 3.05) is 37.6 Å². The third kappa shape index (κ3) is 5.22. The minimum Gasteiger partial charge on any atom is -0.362 e. The lowest BCUT2D eigenvalue weighted by atomic mass is 10.1. The van der Waals surface area contributed by atoms with Gasteiger partial charge in [0.15, 0.2) is 0 Å². The standard InChI is InChI=1S/C20H21ClN4O5S/c1-2-9-22-31(29,30)17-6-3-15(4-7-17)20(26)24-12-10-23(11-13-24)18-8-5-16(21)14-19(18)25(27)28/h2-8,14,22H,1,9-13H2. The van der Waals surface area contributed by atoms with E-state index in [9.17, 15) is 23.3 Å². The highest BCUT2D eigenvalue weighted by atomic mass is 35.5. The number of carbonyl (C=O) groups excluding carboxylic acids is 1. The molecule has 0 atom stereocenters. The van der Waals surface area contributed by atoms with Crippen LogP contribution < -0.4 is 9.62 Å². The highest BCUT2D eigenvalue weighted by Gasteiger charge is 2.26. The predicted molar refractivity (Wildman–Crippen MR) is 118 cm³/mol. The Bertz CT molecular complexity index is 1100. The summed E-state index contributed by atoms with van der Waals surface area (Å²) in [7, 11) is -3.66. The molecule has 0 unspecified atom stereocenters. The van der Waals surface area contributed by atoms with Crippen molar-refractivity contribution in [3.05, 3.63) is 75.8 Å². The maximum absolute atomic E-state index is 12.8. The van der Waals surface area contributed by atoms with Crippen LogP contribution in [0.4, 0.5) is 11.4 Å². The Balaban J connectivity index is 1.67. The summed E-state index contributed by atoms with van der Waals surface area (Å²) >= 11 is 5.87. The summed E-state index contributed by atoms with van der Waals surface area (Å²) in [5.41, 5.74) is 0.755. The SMILES string of the molecule is C=CCNS(=O)(=O)c1ccc(C(=O)N2CCN(c3ccc(Cl)cc3[N+](=O)[O-])CC2)cc1. The van der Waals surface area contributed by atoms with Crippen LogP contribution in [0.15, 0.2) is 60.0 Å². The second kappa shape index (κ2) is 9.46. The van der Waals surface area contributed by atoms with Crippen molar-refractivity contribution >= 4 is 38.9 Å². The molecule has 9 nitrogen and oxygen atoms in total. The number of amides is 1. The highest BCUT2D eigenvalue weighted by Crippen LogP contribution is 2.31. The smallest absolute Gasteiger partial charge is 0.294 e. The number of nitrogens with zero attached hydrogens (tertiary/aromatic N) is 3. The molecule has 0 spiro atoms. The van der Waals surface area contributed by atoms with Crippen molar-refractivity contribution in [3.63, 3.8) is 0 Å². The zero-order valence-corrected chi connectivity index (χ0v) is 18.1. The number of hydrogen-bond acceptors (Lipinski definition) is 6. The number of halogens is 1.